The molecule has 0 spiro atoms. The predicted molar refractivity (Wildman–Crippen MR) is 104 cm³/mol. The molecule has 1 aromatic rings. The second-order valence-electron chi connectivity index (χ2n) is 6.60. The highest BCUT2D eigenvalue weighted by atomic mass is 35.5. The number of rotatable bonds is 4. The van der Waals surface area contributed by atoms with Crippen molar-refractivity contribution in [2.24, 2.45) is 22.5 Å². The monoisotopic (exact) mass is 411 g/mol. The van der Waals surface area contributed by atoms with Crippen LogP contribution in [0.25, 0.3) is 5.57 Å². The molecule has 1 saturated heterocycles. The fourth-order valence-corrected chi connectivity index (χ4v) is 4.40. The van der Waals surface area contributed by atoms with Crippen molar-refractivity contribution in [3.05, 3.63) is 53.7 Å². The molecule has 1 heterocycles. The number of carbonyl (C=O) groups excluding carboxylic acids is 1. The maximum Gasteiger partial charge on any atom is 0.277 e. The molecule has 2 atom stereocenters. The van der Waals surface area contributed by atoms with Crippen LogP contribution in [-0.4, -0.2) is 54.7 Å². The Balaban J connectivity index is 1.95. The van der Waals surface area contributed by atoms with E-state index in [2.05, 4.69) is 0 Å². The Kier molecular flexibility index (Phi) is 5.33. The van der Waals surface area contributed by atoms with Gasteiger partial charge in [0.2, 0.25) is 5.91 Å². The molecule has 0 radical (unpaired) electrons. The number of benzene rings is 1. The molecule has 1 aromatic carbocycles. The van der Waals surface area contributed by atoms with E-state index in [9.17, 15) is 13.2 Å². The highest BCUT2D eigenvalue weighted by Crippen LogP contribution is 2.39. The molecule has 0 saturated carbocycles. The van der Waals surface area contributed by atoms with Crippen LogP contribution in [0.2, 0.25) is 0 Å². The van der Waals surface area contributed by atoms with Crippen molar-refractivity contribution >= 4 is 33.3 Å². The molecular weight excluding hydrogens is 390 g/mol. The number of hydrogen-bond donors (Lipinski definition) is 3. The van der Waals surface area contributed by atoms with E-state index in [0.29, 0.717) is 18.8 Å². The van der Waals surface area contributed by atoms with E-state index in [4.69, 9.17) is 28.2 Å². The number of primary amides is 1. The zero-order chi connectivity index (χ0) is 19.8. The summed E-state index contributed by atoms with van der Waals surface area (Å²) in [6, 6.07) is 9.49. The lowest BCUT2D eigenvalue weighted by Gasteiger charge is -2.43. The summed E-state index contributed by atoms with van der Waals surface area (Å²) in [6.07, 6.45) is 3.50. The fourth-order valence-electron chi connectivity index (χ4n) is 3.38. The maximum absolute atomic E-state index is 12.0. The van der Waals surface area contributed by atoms with Crippen molar-refractivity contribution < 1.29 is 13.2 Å². The van der Waals surface area contributed by atoms with Gasteiger partial charge in [-0.3, -0.25) is 4.79 Å². The second kappa shape index (κ2) is 7.25. The van der Waals surface area contributed by atoms with Crippen molar-refractivity contribution in [1.82, 2.24) is 9.21 Å². The van der Waals surface area contributed by atoms with Crippen LogP contribution in [0.5, 0.6) is 0 Å². The van der Waals surface area contributed by atoms with Gasteiger partial charge in [0.05, 0.1) is 11.6 Å². The van der Waals surface area contributed by atoms with Gasteiger partial charge >= 0.3 is 0 Å². The van der Waals surface area contributed by atoms with E-state index in [1.807, 2.05) is 41.3 Å². The van der Waals surface area contributed by atoms with Crippen LogP contribution in [0.15, 0.2) is 48.2 Å². The fraction of sp³-hybridized carbons (Fsp3) is 0.353. The van der Waals surface area contributed by atoms with E-state index in [1.54, 1.807) is 6.08 Å². The molecule has 1 aliphatic heterocycles. The van der Waals surface area contributed by atoms with E-state index < -0.39 is 27.0 Å². The molecular formula is C17H22ClN5O3S. The lowest BCUT2D eigenvalue weighted by atomic mass is 9.85. The van der Waals surface area contributed by atoms with Gasteiger partial charge in [0.25, 0.3) is 10.2 Å². The van der Waals surface area contributed by atoms with Crippen LogP contribution >= 0.6 is 11.6 Å². The Morgan fingerprint density at radius 3 is 2.26 bits per heavy atom. The smallest absolute Gasteiger partial charge is 0.277 e. The summed E-state index contributed by atoms with van der Waals surface area (Å²) in [5.74, 6) is -1.54. The summed E-state index contributed by atoms with van der Waals surface area (Å²) in [7, 11) is -3.75. The molecule has 1 amide bonds. The minimum atomic E-state index is -3.75. The van der Waals surface area contributed by atoms with Crippen LogP contribution in [0.3, 0.4) is 0 Å². The topological polar surface area (TPSA) is 136 Å². The predicted octanol–water partition coefficient (Wildman–Crippen LogP) is -0.216. The molecule has 2 aliphatic rings. The molecule has 1 fully saturated rings. The lowest BCUT2D eigenvalue weighted by molar-refractivity contribution is -0.121. The molecule has 8 nitrogen and oxygen atoms in total. The second-order valence-corrected chi connectivity index (χ2v) is 8.77. The molecule has 3 rings (SSSR count). The summed E-state index contributed by atoms with van der Waals surface area (Å²) >= 11 is 6.58. The zero-order valence-corrected chi connectivity index (χ0v) is 16.2. The Bertz CT molecular complexity index is 890. The SMILES string of the molecule is NC(=O)C1C=C(c2ccccc2)C=C(N2CCN(S(N)(=O)=O)CC2)C1(N)Cl. The number of alkyl halides is 1. The Hall–Kier alpha value is -1.91. The summed E-state index contributed by atoms with van der Waals surface area (Å²) in [4.78, 5) is 12.4. The molecule has 0 aromatic heterocycles. The van der Waals surface area contributed by atoms with Crippen LogP contribution < -0.4 is 16.6 Å². The van der Waals surface area contributed by atoms with Gasteiger partial charge in [-0.1, -0.05) is 48.0 Å². The number of hydrogen-bond acceptors (Lipinski definition) is 5. The minimum Gasteiger partial charge on any atom is -0.370 e. The van der Waals surface area contributed by atoms with Crippen LogP contribution in [0.1, 0.15) is 5.56 Å². The number of nitrogens with zero attached hydrogens (tertiary/aromatic N) is 2. The first kappa shape index (κ1) is 19.8. The van der Waals surface area contributed by atoms with E-state index in [0.717, 1.165) is 11.1 Å². The number of carbonyl (C=O) groups is 1. The quantitative estimate of drug-likeness (QED) is 0.465. The van der Waals surface area contributed by atoms with Gasteiger partial charge < -0.3 is 16.4 Å². The van der Waals surface area contributed by atoms with Crippen LogP contribution in [0, 0.1) is 5.92 Å². The lowest BCUT2D eigenvalue weighted by Crippen LogP contribution is -2.58. The molecule has 10 heteroatoms. The molecule has 27 heavy (non-hydrogen) atoms. The first-order valence-electron chi connectivity index (χ1n) is 8.40. The van der Waals surface area contributed by atoms with Gasteiger partial charge in [-0.15, -0.1) is 0 Å². The molecule has 6 N–H and O–H groups in total. The third-order valence-corrected chi connectivity index (χ3v) is 6.35. The number of amides is 1. The van der Waals surface area contributed by atoms with Crippen molar-refractivity contribution in [3.8, 4) is 0 Å². The van der Waals surface area contributed by atoms with Gasteiger partial charge in [-0.25, -0.2) is 5.14 Å². The Labute approximate surface area is 163 Å². The molecule has 1 aliphatic carbocycles. The summed E-state index contributed by atoms with van der Waals surface area (Å²) in [6.45, 7) is 1.10. The van der Waals surface area contributed by atoms with E-state index in [-0.39, 0.29) is 13.1 Å². The van der Waals surface area contributed by atoms with E-state index in [1.165, 1.54) is 4.31 Å². The summed E-state index contributed by atoms with van der Waals surface area (Å²) in [5, 5.41) is 5.19. The van der Waals surface area contributed by atoms with Gasteiger partial charge in [0.15, 0.2) is 0 Å². The standard InChI is InChI=1S/C17H22ClN5O3S/c18-17(20)14(16(19)24)10-13(12-4-2-1-3-5-12)11-15(17)22-6-8-23(9-7-22)27(21,25)26/h1-5,10-11,14H,6-9,20H2,(H2,19,24)(H2,21,25,26). The molecule has 2 unspecified atom stereocenters. The third kappa shape index (κ3) is 4.02. The summed E-state index contributed by atoms with van der Waals surface area (Å²) in [5.41, 5.74) is 14.1. The molecule has 0 bridgehead atoms. The average molecular weight is 412 g/mol. The number of halogens is 1. The van der Waals surface area contributed by atoms with Gasteiger partial charge in [-0.2, -0.15) is 12.7 Å². The van der Waals surface area contributed by atoms with Crippen molar-refractivity contribution in [3.63, 3.8) is 0 Å². The van der Waals surface area contributed by atoms with Crippen molar-refractivity contribution in [2.45, 2.75) is 5.00 Å². The highest BCUT2D eigenvalue weighted by molar-refractivity contribution is 7.86. The maximum atomic E-state index is 12.0. The summed E-state index contributed by atoms with van der Waals surface area (Å²) < 4.78 is 24.2. The first-order chi connectivity index (χ1) is 12.6. The average Bonchev–Trinajstić information content (AvgIpc) is 2.61. The Morgan fingerprint density at radius 1 is 1.15 bits per heavy atom. The minimum absolute atomic E-state index is 0.203. The van der Waals surface area contributed by atoms with Gasteiger partial charge in [0.1, 0.15) is 5.00 Å². The van der Waals surface area contributed by atoms with Crippen LogP contribution in [-0.2, 0) is 15.0 Å². The third-order valence-electron chi connectivity index (χ3n) is 4.84. The number of allylic oxidation sites excluding steroid dienone is 2. The van der Waals surface area contributed by atoms with Crippen molar-refractivity contribution in [1.29, 1.82) is 0 Å². The van der Waals surface area contributed by atoms with Crippen LogP contribution in [0.4, 0.5) is 0 Å². The number of piperazine rings is 1. The first-order valence-corrected chi connectivity index (χ1v) is 10.3. The van der Waals surface area contributed by atoms with Gasteiger partial charge in [0, 0.05) is 26.2 Å². The van der Waals surface area contributed by atoms with Gasteiger partial charge in [-0.05, 0) is 17.2 Å². The highest BCUT2D eigenvalue weighted by Gasteiger charge is 2.44. The zero-order valence-electron chi connectivity index (χ0n) is 14.6. The Morgan fingerprint density at radius 2 is 1.74 bits per heavy atom. The normalized spacial score (nSPS) is 27.1. The van der Waals surface area contributed by atoms with Crippen molar-refractivity contribution in [2.75, 3.05) is 26.2 Å². The van der Waals surface area contributed by atoms with E-state index >= 15 is 0 Å². The largest absolute Gasteiger partial charge is 0.370 e. The number of nitrogens with two attached hydrogens (primary N) is 3. The molecule has 146 valence electrons.